The zero-order valence-electron chi connectivity index (χ0n) is 21.7. The Hall–Kier alpha value is 1.72. The van der Waals surface area contributed by atoms with Crippen LogP contribution in [0.5, 0.6) is 0 Å². The van der Waals surface area contributed by atoms with E-state index >= 15 is 0 Å². The minimum absolute atomic E-state index is 0. The van der Waals surface area contributed by atoms with E-state index in [-0.39, 0.29) is 6.15 Å². The molecule has 0 aliphatic heterocycles. The Bertz CT molecular complexity index is 1680. The van der Waals surface area contributed by atoms with E-state index < -0.39 is 93.9 Å². The van der Waals surface area contributed by atoms with Gasteiger partial charge in [0, 0.05) is 0 Å². The van der Waals surface area contributed by atoms with E-state index in [9.17, 15) is 84.1 Å². The van der Waals surface area contributed by atoms with Gasteiger partial charge in [-0.25, -0.2) is 54.8 Å². The molecule has 0 aromatic rings. The van der Waals surface area contributed by atoms with Gasteiger partial charge in [-0.05, 0) is 0 Å². The van der Waals surface area contributed by atoms with Crippen LogP contribution in [0.15, 0.2) is 0 Å². The molecule has 0 aromatic heterocycles. The van der Waals surface area contributed by atoms with Gasteiger partial charge in [0.15, 0.2) is 0 Å². The van der Waals surface area contributed by atoms with Crippen LogP contribution >= 0.6 is 93.9 Å². The lowest BCUT2D eigenvalue weighted by molar-refractivity contribution is 0.180. The van der Waals surface area contributed by atoms with Gasteiger partial charge in [0.25, 0.3) is 0 Å². The monoisotopic (exact) mass is 995 g/mol. The highest BCUT2D eigenvalue weighted by atomic mass is 31.3. The van der Waals surface area contributed by atoms with Crippen LogP contribution in [0.25, 0.3) is 0 Å². The summed E-state index contributed by atoms with van der Waals surface area (Å²) in [5, 5.41) is 0. The van der Waals surface area contributed by atoms with E-state index in [1.54, 1.807) is 0 Å². The van der Waals surface area contributed by atoms with Gasteiger partial charge in [0.05, 0.1) is 0 Å². The molecule has 0 aromatic carbocycles. The largest absolute Gasteiger partial charge is 0.490 e. The molecule has 0 radical (unpaired) electrons. The average molecular weight is 995 g/mol. The Morgan fingerprint density at radius 3 is 0.360 bits per heavy atom. The molecule has 50 heavy (non-hydrogen) atoms. The van der Waals surface area contributed by atoms with Crippen LogP contribution in [-0.2, 0) is 102 Å². The third-order valence-corrected chi connectivity index (χ3v) is 20.5. The van der Waals surface area contributed by atoms with Gasteiger partial charge in [-0.2, -0.15) is 47.4 Å². The molecule has 0 fully saturated rings. The molecule has 0 aliphatic carbocycles. The molecule has 0 saturated carbocycles. The molecule has 0 saturated heterocycles. The predicted octanol–water partition coefficient (Wildman–Crippen LogP) is 0.520. The van der Waals surface area contributed by atoms with Gasteiger partial charge in [-0.3, -0.25) is 0 Å². The van der Waals surface area contributed by atoms with Gasteiger partial charge in [-0.15, -0.1) is 0 Å². The number of rotatable bonds is 22. The number of phosphoric acid groups is 12. The first-order valence-corrected chi connectivity index (χ1v) is 27.0. The summed E-state index contributed by atoms with van der Waals surface area (Å²) in [6.45, 7) is 0. The highest BCUT2D eigenvalue weighted by Gasteiger charge is 2.53. The molecule has 10 unspecified atom stereocenters. The Kier molecular flexibility index (Phi) is 18.8. The van der Waals surface area contributed by atoms with Crippen molar-refractivity contribution < 1.29 is 171 Å². The van der Waals surface area contributed by atoms with Gasteiger partial charge in [-0.1, -0.05) is 0 Å². The summed E-state index contributed by atoms with van der Waals surface area (Å²) >= 11 is 0. The summed E-state index contributed by atoms with van der Waals surface area (Å²) in [5.74, 6) is 0. The fourth-order valence-electron chi connectivity index (χ4n) is 1.59. The van der Waals surface area contributed by atoms with E-state index in [2.05, 4.69) is 47.4 Å². The summed E-state index contributed by atoms with van der Waals surface area (Å²) in [4.78, 5) is 125. The summed E-state index contributed by atoms with van der Waals surface area (Å²) in [6, 6.07) is 0. The minimum atomic E-state index is -6.95. The van der Waals surface area contributed by atoms with Crippen LogP contribution in [0, 0.1) is 0 Å². The lowest BCUT2D eigenvalue weighted by Gasteiger charge is -2.22. The number of hydrogen-bond acceptors (Lipinski definition) is 24. The zero-order valence-corrected chi connectivity index (χ0v) is 32.5. The lowest BCUT2D eigenvalue weighted by atomic mass is 14.0. The molecular formula is H17NO37P12. The third kappa shape index (κ3) is 25.7. The van der Waals surface area contributed by atoms with Crippen LogP contribution in [0.3, 0.4) is 0 Å². The van der Waals surface area contributed by atoms with Crippen molar-refractivity contribution >= 4 is 93.9 Å². The topological polar surface area (TPSA) is 625 Å². The molecule has 17 N–H and O–H groups in total. The van der Waals surface area contributed by atoms with Crippen LogP contribution in [0.2, 0.25) is 0 Å². The molecule has 0 amide bonds. The molecule has 0 spiro atoms. The molecular weight excluding hydrogens is 978 g/mol. The second-order valence-electron chi connectivity index (χ2n) is 6.56. The predicted molar refractivity (Wildman–Crippen MR) is 139 cm³/mol. The van der Waals surface area contributed by atoms with Crippen LogP contribution < -0.4 is 6.15 Å². The van der Waals surface area contributed by atoms with Crippen molar-refractivity contribution in [3.8, 4) is 0 Å². The highest BCUT2D eigenvalue weighted by molar-refractivity contribution is 7.75. The van der Waals surface area contributed by atoms with Crippen LogP contribution in [0.1, 0.15) is 0 Å². The van der Waals surface area contributed by atoms with E-state index in [1.165, 1.54) is 0 Å². The Morgan fingerprint density at radius 2 is 0.280 bits per heavy atom. The van der Waals surface area contributed by atoms with Crippen molar-refractivity contribution in [2.45, 2.75) is 0 Å². The maximum atomic E-state index is 11.8. The average Bonchev–Trinajstić information content (AvgIpc) is 2.52. The van der Waals surface area contributed by atoms with Crippen molar-refractivity contribution in [1.29, 1.82) is 0 Å². The van der Waals surface area contributed by atoms with Crippen LogP contribution in [-0.4, -0.2) is 68.5 Å². The minimum Gasteiger partial charge on any atom is -0.344 e. The van der Waals surface area contributed by atoms with Gasteiger partial charge < -0.3 is 74.7 Å². The SMILES string of the molecule is N.O=P(O)(O)OP(=O)(O)OP(=O)(O)OP(=O)(O)OP(=O)(O)OP(=O)(O)OP(=O)(O)OP(=O)(O)OP(=O)(O)OP(=O)(O)OP(=O)(O)OP(=O)(O)O. The van der Waals surface area contributed by atoms with Crippen molar-refractivity contribution in [3.63, 3.8) is 0 Å². The molecule has 0 bridgehead atoms. The van der Waals surface area contributed by atoms with Crippen molar-refractivity contribution in [3.05, 3.63) is 0 Å². The summed E-state index contributed by atoms with van der Waals surface area (Å²) in [7, 11) is -79.5. The quantitative estimate of drug-likeness (QED) is 0.0657. The maximum absolute atomic E-state index is 11.8. The van der Waals surface area contributed by atoms with Gasteiger partial charge in [0.1, 0.15) is 0 Å². The van der Waals surface area contributed by atoms with E-state index in [4.69, 9.17) is 39.1 Å². The van der Waals surface area contributed by atoms with E-state index in [1.807, 2.05) is 0 Å². The van der Waals surface area contributed by atoms with Gasteiger partial charge in [0.2, 0.25) is 0 Å². The molecule has 10 atom stereocenters. The first-order chi connectivity index (χ1) is 20.8. The lowest BCUT2D eigenvalue weighted by Crippen LogP contribution is -2.01. The van der Waals surface area contributed by atoms with Crippen molar-refractivity contribution in [2.24, 2.45) is 0 Å². The standard InChI is InChI=1S/H3N.H14O37P12/c;1-38(2,3)27-40(7,8)29-42(11,12)31-44(15,16)33-46(19,20)35-48(23,24)37-49(25,26)36-47(21,22)34-45(17,18)32-43(13,14)30-41(9,10)28-39(4,5)6/h1H3;(H,7,8)(H,9,10)(H,11,12)(H,13,14)(H,15,16)(H,17,18)(H,19,20)(H,21,22)(H,23,24)(H,25,26)(H2,1,2,3)(H2,4,5,6). The molecule has 0 heterocycles. The molecule has 0 rings (SSSR count). The third-order valence-electron chi connectivity index (χ3n) is 2.28. The smallest absolute Gasteiger partial charge is 0.344 e. The zero-order chi connectivity index (χ0) is 39.8. The molecule has 304 valence electrons. The summed E-state index contributed by atoms with van der Waals surface area (Å²) in [6.07, 6.45) is 0. The van der Waals surface area contributed by atoms with Gasteiger partial charge >= 0.3 is 93.9 Å². The Labute approximate surface area is 270 Å². The second kappa shape index (κ2) is 17.5. The fourth-order valence-corrected chi connectivity index (χ4v) is 17.0. The Morgan fingerprint density at radius 1 is 0.200 bits per heavy atom. The highest BCUT2D eigenvalue weighted by Crippen LogP contribution is 2.79. The Balaban J connectivity index is 0. The number of hydrogen-bond donors (Lipinski definition) is 15. The normalized spacial score (nSPS) is 25.1. The van der Waals surface area contributed by atoms with E-state index in [0.29, 0.717) is 0 Å². The first kappa shape index (κ1) is 53.8. The van der Waals surface area contributed by atoms with Crippen molar-refractivity contribution in [2.75, 3.05) is 0 Å². The summed E-state index contributed by atoms with van der Waals surface area (Å²) < 4.78 is 171. The van der Waals surface area contributed by atoms with Crippen LogP contribution in [0.4, 0.5) is 0 Å². The van der Waals surface area contributed by atoms with Crippen molar-refractivity contribution in [1.82, 2.24) is 6.15 Å². The fraction of sp³-hybridized carbons (Fsp3) is 0. The van der Waals surface area contributed by atoms with E-state index in [0.717, 1.165) is 0 Å². The molecule has 50 heteroatoms. The second-order valence-corrected chi connectivity index (χ2v) is 25.1. The summed E-state index contributed by atoms with van der Waals surface area (Å²) in [5.41, 5.74) is 0. The molecule has 0 aliphatic rings. The maximum Gasteiger partial charge on any atom is 0.490 e. The molecule has 38 nitrogen and oxygen atoms in total. The first-order valence-electron chi connectivity index (χ1n) is 9.01.